The van der Waals surface area contributed by atoms with Crippen LogP contribution in [0, 0.1) is 5.92 Å². The van der Waals surface area contributed by atoms with Crippen molar-refractivity contribution in [1.82, 2.24) is 15.5 Å². The highest BCUT2D eigenvalue weighted by Gasteiger charge is 2.26. The number of nitrogens with one attached hydrogen (secondary N) is 1. The molecule has 4 rings (SSSR count). The Hall–Kier alpha value is -2.14. The fourth-order valence-electron chi connectivity index (χ4n) is 3.81. The van der Waals surface area contributed by atoms with Crippen molar-refractivity contribution < 1.29 is 4.79 Å². The number of aryl methyl sites for hydroxylation is 2. The first-order valence-corrected chi connectivity index (χ1v) is 9.70. The van der Waals surface area contributed by atoms with Gasteiger partial charge in [0.1, 0.15) is 0 Å². The summed E-state index contributed by atoms with van der Waals surface area (Å²) < 4.78 is 0. The normalized spacial score (nSPS) is 17.2. The molecular formula is C20H23ClN4O. The number of amides is 1. The summed E-state index contributed by atoms with van der Waals surface area (Å²) in [7, 11) is 0. The Morgan fingerprint density at radius 3 is 2.81 bits per heavy atom. The number of aromatic nitrogens is 2. The molecule has 1 fully saturated rings. The van der Waals surface area contributed by atoms with Crippen molar-refractivity contribution >= 4 is 23.3 Å². The monoisotopic (exact) mass is 370 g/mol. The third-order valence-electron chi connectivity index (χ3n) is 5.41. The standard InChI is InChI=1S/C20H23ClN4O/c21-17-6-2-1-4-16(17)13-22-20(26)14-8-10-25(11-9-14)19-12-15-5-3-7-18(15)23-24-19/h1-2,4,6,12,14H,3,5,7-11,13H2,(H,22,26). The molecule has 5 nitrogen and oxygen atoms in total. The van der Waals surface area contributed by atoms with Crippen molar-refractivity contribution in [1.29, 1.82) is 0 Å². The molecule has 0 unspecified atom stereocenters. The molecule has 0 bridgehead atoms. The number of fused-ring (bicyclic) bond motifs is 1. The van der Waals surface area contributed by atoms with E-state index in [4.69, 9.17) is 11.6 Å². The van der Waals surface area contributed by atoms with Crippen molar-refractivity contribution in [3.8, 4) is 0 Å². The van der Waals surface area contributed by atoms with E-state index in [0.717, 1.165) is 55.8 Å². The molecule has 1 amide bonds. The maximum Gasteiger partial charge on any atom is 0.223 e. The van der Waals surface area contributed by atoms with E-state index in [9.17, 15) is 4.79 Å². The molecule has 1 saturated heterocycles. The molecule has 0 spiro atoms. The van der Waals surface area contributed by atoms with E-state index in [1.807, 2.05) is 24.3 Å². The van der Waals surface area contributed by atoms with Gasteiger partial charge in [-0.15, -0.1) is 5.10 Å². The largest absolute Gasteiger partial charge is 0.355 e. The quantitative estimate of drug-likeness (QED) is 0.898. The Morgan fingerprint density at radius 1 is 1.19 bits per heavy atom. The number of piperidine rings is 1. The second kappa shape index (κ2) is 7.62. The van der Waals surface area contributed by atoms with Crippen LogP contribution in [0.3, 0.4) is 0 Å². The summed E-state index contributed by atoms with van der Waals surface area (Å²) in [5.74, 6) is 1.13. The van der Waals surface area contributed by atoms with Gasteiger partial charge in [-0.25, -0.2) is 0 Å². The number of hydrogen-bond acceptors (Lipinski definition) is 4. The van der Waals surface area contributed by atoms with E-state index in [1.54, 1.807) is 0 Å². The van der Waals surface area contributed by atoms with Crippen LogP contribution in [0.5, 0.6) is 0 Å². The molecule has 0 saturated carbocycles. The van der Waals surface area contributed by atoms with Gasteiger partial charge in [0.2, 0.25) is 5.91 Å². The van der Waals surface area contributed by atoms with Crippen LogP contribution in [0.4, 0.5) is 5.82 Å². The van der Waals surface area contributed by atoms with E-state index in [2.05, 4.69) is 26.5 Å². The number of anilines is 1. The van der Waals surface area contributed by atoms with Gasteiger partial charge in [0.05, 0.1) is 5.69 Å². The average molecular weight is 371 g/mol. The summed E-state index contributed by atoms with van der Waals surface area (Å²) in [4.78, 5) is 14.7. The summed E-state index contributed by atoms with van der Waals surface area (Å²) >= 11 is 6.15. The Bertz CT molecular complexity index is 802. The lowest BCUT2D eigenvalue weighted by Gasteiger charge is -2.32. The van der Waals surface area contributed by atoms with Crippen LogP contribution in [0.25, 0.3) is 0 Å². The van der Waals surface area contributed by atoms with Gasteiger partial charge in [-0.3, -0.25) is 4.79 Å². The van der Waals surface area contributed by atoms with E-state index < -0.39 is 0 Å². The Labute approximate surface area is 158 Å². The molecule has 1 aliphatic heterocycles. The molecule has 1 N–H and O–H groups in total. The summed E-state index contributed by atoms with van der Waals surface area (Å²) in [5, 5.41) is 12.5. The fraction of sp³-hybridized carbons (Fsp3) is 0.450. The number of rotatable bonds is 4. The topological polar surface area (TPSA) is 58.1 Å². The van der Waals surface area contributed by atoms with Gasteiger partial charge < -0.3 is 10.2 Å². The highest BCUT2D eigenvalue weighted by atomic mass is 35.5. The Balaban J connectivity index is 1.30. The van der Waals surface area contributed by atoms with Gasteiger partial charge in [0.25, 0.3) is 0 Å². The SMILES string of the molecule is O=C(NCc1ccccc1Cl)C1CCN(c2cc3c(nn2)CCC3)CC1. The minimum Gasteiger partial charge on any atom is -0.355 e. The molecular weight excluding hydrogens is 348 g/mol. The third-order valence-corrected chi connectivity index (χ3v) is 5.78. The molecule has 1 aromatic heterocycles. The third kappa shape index (κ3) is 3.68. The first-order chi connectivity index (χ1) is 12.7. The molecule has 136 valence electrons. The molecule has 26 heavy (non-hydrogen) atoms. The summed E-state index contributed by atoms with van der Waals surface area (Å²) in [5.41, 5.74) is 3.45. The zero-order valence-corrected chi connectivity index (χ0v) is 15.5. The minimum absolute atomic E-state index is 0.0520. The van der Waals surface area contributed by atoms with Crippen LogP contribution in [-0.4, -0.2) is 29.2 Å². The van der Waals surface area contributed by atoms with Crippen molar-refractivity contribution in [3.05, 3.63) is 52.2 Å². The molecule has 2 aliphatic rings. The molecule has 0 radical (unpaired) electrons. The zero-order valence-electron chi connectivity index (χ0n) is 14.7. The lowest BCUT2D eigenvalue weighted by molar-refractivity contribution is -0.125. The van der Waals surface area contributed by atoms with E-state index >= 15 is 0 Å². The molecule has 6 heteroatoms. The van der Waals surface area contributed by atoms with Gasteiger partial charge in [-0.1, -0.05) is 29.8 Å². The number of benzene rings is 1. The molecule has 0 atom stereocenters. The highest BCUT2D eigenvalue weighted by Crippen LogP contribution is 2.26. The van der Waals surface area contributed by atoms with Gasteiger partial charge in [0, 0.05) is 30.6 Å². The molecule has 2 aromatic rings. The molecule has 2 heterocycles. The van der Waals surface area contributed by atoms with Crippen molar-refractivity contribution in [3.63, 3.8) is 0 Å². The van der Waals surface area contributed by atoms with Gasteiger partial charge in [0.15, 0.2) is 5.82 Å². The number of hydrogen-bond donors (Lipinski definition) is 1. The van der Waals surface area contributed by atoms with Gasteiger partial charge >= 0.3 is 0 Å². The van der Waals surface area contributed by atoms with Crippen molar-refractivity contribution in [2.24, 2.45) is 5.92 Å². The summed E-state index contributed by atoms with van der Waals surface area (Å²) in [6.07, 6.45) is 5.02. The maximum atomic E-state index is 12.5. The fourth-order valence-corrected chi connectivity index (χ4v) is 4.01. The van der Waals surface area contributed by atoms with Crippen LogP contribution in [0.15, 0.2) is 30.3 Å². The predicted octanol–water partition coefficient (Wildman–Crippen LogP) is 3.15. The van der Waals surface area contributed by atoms with Crippen LogP contribution in [-0.2, 0) is 24.2 Å². The van der Waals surface area contributed by atoms with Gasteiger partial charge in [-0.05, 0) is 55.4 Å². The van der Waals surface area contributed by atoms with E-state index in [1.165, 1.54) is 12.0 Å². The van der Waals surface area contributed by atoms with Gasteiger partial charge in [-0.2, -0.15) is 5.10 Å². The minimum atomic E-state index is 0.0520. The van der Waals surface area contributed by atoms with Crippen molar-refractivity contribution in [2.75, 3.05) is 18.0 Å². The van der Waals surface area contributed by atoms with Crippen LogP contribution >= 0.6 is 11.6 Å². The first-order valence-electron chi connectivity index (χ1n) is 9.32. The average Bonchev–Trinajstić information content (AvgIpc) is 3.15. The predicted molar refractivity (Wildman–Crippen MR) is 102 cm³/mol. The number of halogens is 1. The lowest BCUT2D eigenvalue weighted by atomic mass is 9.95. The lowest BCUT2D eigenvalue weighted by Crippen LogP contribution is -2.40. The number of carbonyl (C=O) groups excluding carboxylic acids is 1. The molecule has 1 aliphatic carbocycles. The Morgan fingerprint density at radius 2 is 2.00 bits per heavy atom. The first kappa shape index (κ1) is 17.3. The maximum absolute atomic E-state index is 12.5. The van der Waals surface area contributed by atoms with Crippen LogP contribution in [0.2, 0.25) is 5.02 Å². The van der Waals surface area contributed by atoms with Crippen LogP contribution < -0.4 is 10.2 Å². The zero-order chi connectivity index (χ0) is 17.9. The summed E-state index contributed by atoms with van der Waals surface area (Å²) in [6.45, 7) is 2.17. The summed E-state index contributed by atoms with van der Waals surface area (Å²) in [6, 6.07) is 9.80. The highest BCUT2D eigenvalue weighted by molar-refractivity contribution is 6.31. The second-order valence-corrected chi connectivity index (χ2v) is 7.51. The van der Waals surface area contributed by atoms with Crippen LogP contribution in [0.1, 0.15) is 36.1 Å². The smallest absolute Gasteiger partial charge is 0.223 e. The van der Waals surface area contributed by atoms with E-state index in [0.29, 0.717) is 11.6 Å². The molecule has 1 aromatic carbocycles. The Kier molecular flexibility index (Phi) is 5.07. The number of carbonyl (C=O) groups is 1. The van der Waals surface area contributed by atoms with Crippen molar-refractivity contribution in [2.45, 2.75) is 38.6 Å². The number of nitrogens with zero attached hydrogens (tertiary/aromatic N) is 3. The second-order valence-electron chi connectivity index (χ2n) is 7.10. The van der Waals surface area contributed by atoms with E-state index in [-0.39, 0.29) is 11.8 Å².